The number of nitrogens with two attached hydrogens (primary N) is 1. The van der Waals surface area contributed by atoms with E-state index in [2.05, 4.69) is 10.6 Å². The van der Waals surface area contributed by atoms with Gasteiger partial charge in [0.2, 0.25) is 5.91 Å². The lowest BCUT2D eigenvalue weighted by Gasteiger charge is -2.36. The number of ether oxygens (including phenoxy) is 1. The number of thiophene rings is 1. The minimum atomic E-state index is -1.07. The number of nitrogens with zero attached hydrogens (tertiary/aromatic N) is 1. The van der Waals surface area contributed by atoms with Gasteiger partial charge >= 0.3 is 6.09 Å². The van der Waals surface area contributed by atoms with E-state index in [9.17, 15) is 14.4 Å². The average Bonchev–Trinajstić information content (AvgIpc) is 3.67. The fraction of sp³-hybridized carbons (Fsp3) is 0.375. The van der Waals surface area contributed by atoms with Gasteiger partial charge < -0.3 is 21.1 Å². The Morgan fingerprint density at radius 2 is 1.62 bits per heavy atom. The average molecular weight is 590 g/mol. The van der Waals surface area contributed by atoms with Gasteiger partial charge in [0.1, 0.15) is 23.5 Å². The molecule has 2 heterocycles. The number of hydrogen-bond donors (Lipinski definition) is 4. The molecular formula is C32H39N5O4S. The lowest BCUT2D eigenvalue weighted by molar-refractivity contribution is -0.131. The van der Waals surface area contributed by atoms with Gasteiger partial charge in [0.05, 0.1) is 10.9 Å². The van der Waals surface area contributed by atoms with Crippen molar-refractivity contribution in [3.63, 3.8) is 0 Å². The normalized spacial score (nSPS) is 16.5. The summed E-state index contributed by atoms with van der Waals surface area (Å²) >= 11 is 1.20. The Morgan fingerprint density at radius 3 is 2.10 bits per heavy atom. The van der Waals surface area contributed by atoms with Crippen LogP contribution >= 0.6 is 11.3 Å². The first-order chi connectivity index (χ1) is 20.0. The number of hydrogen-bond acceptors (Lipinski definition) is 7. The zero-order valence-corrected chi connectivity index (χ0v) is 25.2. The fourth-order valence-corrected chi connectivity index (χ4v) is 6.10. The molecule has 0 spiro atoms. The SMILES string of the molecule is CN(C(=O)OC(C)(C)C)[C@@H](C(=O)NC(C(=O)[C@@H]1CCCN1)c1ccc(C(=N)N)s1)C(c1ccccc1)c1ccccc1. The first-order valence-corrected chi connectivity index (χ1v) is 14.8. The summed E-state index contributed by atoms with van der Waals surface area (Å²) in [6.07, 6.45) is 0.859. The number of rotatable bonds is 10. The minimum Gasteiger partial charge on any atom is -0.444 e. The van der Waals surface area contributed by atoms with Gasteiger partial charge in [-0.3, -0.25) is 19.9 Å². The van der Waals surface area contributed by atoms with Gasteiger partial charge in [-0.15, -0.1) is 11.3 Å². The van der Waals surface area contributed by atoms with Crippen molar-refractivity contribution in [2.24, 2.45) is 5.73 Å². The Hall–Kier alpha value is -4.02. The number of nitrogen functional groups attached to an aromatic ring is 1. The highest BCUT2D eigenvalue weighted by atomic mass is 32.1. The summed E-state index contributed by atoms with van der Waals surface area (Å²) in [7, 11) is 1.55. The summed E-state index contributed by atoms with van der Waals surface area (Å²) in [4.78, 5) is 44.2. The first-order valence-electron chi connectivity index (χ1n) is 14.0. The largest absolute Gasteiger partial charge is 0.444 e. The highest BCUT2D eigenvalue weighted by Crippen LogP contribution is 2.33. The van der Waals surface area contributed by atoms with Gasteiger partial charge in [0, 0.05) is 17.8 Å². The topological polar surface area (TPSA) is 138 Å². The van der Waals surface area contributed by atoms with Crippen LogP contribution in [0.5, 0.6) is 0 Å². The molecule has 2 amide bonds. The number of Topliss-reactive ketones (excluding diaryl/α,β-unsaturated/α-hetero) is 1. The molecule has 1 unspecified atom stereocenters. The number of amidine groups is 1. The minimum absolute atomic E-state index is 0.112. The Kier molecular flexibility index (Phi) is 9.80. The Morgan fingerprint density at radius 1 is 1.02 bits per heavy atom. The molecule has 0 bridgehead atoms. The van der Waals surface area contributed by atoms with Gasteiger partial charge in [-0.1, -0.05) is 60.7 Å². The molecule has 5 N–H and O–H groups in total. The molecular weight excluding hydrogens is 550 g/mol. The van der Waals surface area contributed by atoms with Crippen LogP contribution in [0.15, 0.2) is 72.8 Å². The maximum absolute atomic E-state index is 14.5. The van der Waals surface area contributed by atoms with Crippen LogP contribution in [0.4, 0.5) is 4.79 Å². The molecule has 3 atom stereocenters. The first kappa shape index (κ1) is 30.9. The van der Waals surface area contributed by atoms with Crippen molar-refractivity contribution in [1.82, 2.24) is 15.5 Å². The van der Waals surface area contributed by atoms with Crippen molar-refractivity contribution in [1.29, 1.82) is 5.41 Å². The third kappa shape index (κ3) is 7.43. The van der Waals surface area contributed by atoms with Crippen LogP contribution in [0.25, 0.3) is 0 Å². The zero-order valence-electron chi connectivity index (χ0n) is 24.4. The molecule has 4 rings (SSSR count). The van der Waals surface area contributed by atoms with E-state index in [0.717, 1.165) is 17.5 Å². The third-order valence-corrected chi connectivity index (χ3v) is 8.34. The van der Waals surface area contributed by atoms with Gasteiger partial charge in [0.15, 0.2) is 5.78 Å². The van der Waals surface area contributed by atoms with E-state index >= 15 is 0 Å². The number of nitrogens with one attached hydrogen (secondary N) is 3. The third-order valence-electron chi connectivity index (χ3n) is 7.15. The molecule has 1 aromatic heterocycles. The van der Waals surface area contributed by atoms with Crippen molar-refractivity contribution in [2.75, 3.05) is 13.6 Å². The number of amides is 2. The van der Waals surface area contributed by atoms with Gasteiger partial charge in [0.25, 0.3) is 0 Å². The summed E-state index contributed by atoms with van der Waals surface area (Å²) in [5.41, 5.74) is 6.59. The molecule has 0 radical (unpaired) electrons. The summed E-state index contributed by atoms with van der Waals surface area (Å²) < 4.78 is 5.70. The van der Waals surface area contributed by atoms with E-state index in [1.165, 1.54) is 16.2 Å². The van der Waals surface area contributed by atoms with E-state index in [0.29, 0.717) is 22.7 Å². The molecule has 42 heavy (non-hydrogen) atoms. The number of likely N-dealkylation sites (N-methyl/N-ethyl adjacent to an activating group) is 1. The number of carbonyl (C=O) groups is 3. The second kappa shape index (κ2) is 13.3. The maximum Gasteiger partial charge on any atom is 0.410 e. The number of benzene rings is 2. The molecule has 1 fully saturated rings. The predicted molar refractivity (Wildman–Crippen MR) is 165 cm³/mol. The van der Waals surface area contributed by atoms with Crippen molar-refractivity contribution in [2.45, 2.75) is 63.3 Å². The zero-order chi connectivity index (χ0) is 30.4. The van der Waals surface area contributed by atoms with Crippen molar-refractivity contribution < 1.29 is 19.1 Å². The van der Waals surface area contributed by atoms with Crippen LogP contribution in [-0.2, 0) is 14.3 Å². The summed E-state index contributed by atoms with van der Waals surface area (Å²) in [5, 5.41) is 14.1. The van der Waals surface area contributed by atoms with Crippen LogP contribution in [0.2, 0.25) is 0 Å². The molecule has 1 aliphatic rings. The van der Waals surface area contributed by atoms with Crippen molar-refractivity contribution >= 4 is 35.0 Å². The molecule has 1 saturated heterocycles. The molecule has 0 aliphatic carbocycles. The Labute approximate surface area is 251 Å². The predicted octanol–water partition coefficient (Wildman–Crippen LogP) is 4.58. The Bertz CT molecular complexity index is 1360. The van der Waals surface area contributed by atoms with Crippen LogP contribution in [0, 0.1) is 5.41 Å². The quantitative estimate of drug-likeness (QED) is 0.202. The molecule has 9 nitrogen and oxygen atoms in total. The summed E-state index contributed by atoms with van der Waals surface area (Å²) in [6, 6.07) is 20.0. The van der Waals surface area contributed by atoms with Crippen LogP contribution in [0.1, 0.15) is 66.5 Å². The van der Waals surface area contributed by atoms with E-state index in [4.69, 9.17) is 15.9 Å². The molecule has 3 aromatic rings. The molecule has 1 aliphatic heterocycles. The van der Waals surface area contributed by atoms with E-state index < -0.39 is 41.6 Å². The monoisotopic (exact) mass is 589 g/mol. The summed E-state index contributed by atoms with van der Waals surface area (Å²) in [5.74, 6) is -1.36. The van der Waals surface area contributed by atoms with Gasteiger partial charge in [-0.25, -0.2) is 4.79 Å². The van der Waals surface area contributed by atoms with Crippen LogP contribution in [0.3, 0.4) is 0 Å². The van der Waals surface area contributed by atoms with E-state index in [1.807, 2.05) is 60.7 Å². The highest BCUT2D eigenvalue weighted by Gasteiger charge is 2.41. The molecule has 10 heteroatoms. The lowest BCUT2D eigenvalue weighted by atomic mass is 9.83. The highest BCUT2D eigenvalue weighted by molar-refractivity contribution is 7.14. The van der Waals surface area contributed by atoms with Gasteiger partial charge in [-0.2, -0.15) is 0 Å². The van der Waals surface area contributed by atoms with Crippen molar-refractivity contribution in [3.05, 3.63) is 93.7 Å². The Balaban J connectivity index is 1.79. The number of ketones is 1. The van der Waals surface area contributed by atoms with E-state index in [-0.39, 0.29) is 11.6 Å². The molecule has 0 saturated carbocycles. The van der Waals surface area contributed by atoms with Gasteiger partial charge in [-0.05, 0) is 63.4 Å². The molecule has 222 valence electrons. The fourth-order valence-electron chi connectivity index (χ4n) is 5.17. The summed E-state index contributed by atoms with van der Waals surface area (Å²) in [6.45, 7) is 6.03. The van der Waals surface area contributed by atoms with Crippen LogP contribution in [-0.4, -0.2) is 59.8 Å². The lowest BCUT2D eigenvalue weighted by Crippen LogP contribution is -2.54. The smallest absolute Gasteiger partial charge is 0.410 e. The van der Waals surface area contributed by atoms with E-state index in [1.54, 1.807) is 40.0 Å². The van der Waals surface area contributed by atoms with Crippen LogP contribution < -0.4 is 16.4 Å². The van der Waals surface area contributed by atoms with Crippen molar-refractivity contribution in [3.8, 4) is 0 Å². The number of carbonyl (C=O) groups excluding carboxylic acids is 3. The second-order valence-electron chi connectivity index (χ2n) is 11.4. The second-order valence-corrected chi connectivity index (χ2v) is 12.6. The maximum atomic E-state index is 14.5. The molecule has 2 aromatic carbocycles. The standard InChI is InChI=1S/C32H39N5O4S/c1-32(2,3)41-31(40)37(4)27(25(20-12-7-5-8-13-20)21-14-9-6-10-15-21)30(39)36-26(28(38)22-16-11-19-35-22)23-17-18-24(42-23)29(33)34/h5-10,12-15,17-18,22,25-27,35H,11,16,19H2,1-4H3,(H3,33,34)(H,36,39)/t22-,26?,27+/m0/s1.